The van der Waals surface area contributed by atoms with Crippen molar-refractivity contribution in [3.63, 3.8) is 0 Å². The van der Waals surface area contributed by atoms with E-state index in [1.807, 2.05) is 48.5 Å². The van der Waals surface area contributed by atoms with E-state index in [4.69, 9.17) is 9.47 Å². The minimum absolute atomic E-state index is 0.0329. The van der Waals surface area contributed by atoms with Gasteiger partial charge in [-0.3, -0.25) is 9.59 Å². The van der Waals surface area contributed by atoms with E-state index in [-0.39, 0.29) is 22.3 Å². The lowest BCUT2D eigenvalue weighted by molar-refractivity contribution is -0.147. The van der Waals surface area contributed by atoms with Gasteiger partial charge in [-0.2, -0.15) is 0 Å². The highest BCUT2D eigenvalue weighted by Gasteiger charge is 2.31. The van der Waals surface area contributed by atoms with Crippen LogP contribution in [-0.2, 0) is 29.9 Å². The van der Waals surface area contributed by atoms with Crippen LogP contribution in [0.25, 0.3) is 11.5 Å². The minimum Gasteiger partial charge on any atom is -0.421 e. The first kappa shape index (κ1) is 29.4. The van der Waals surface area contributed by atoms with Crippen LogP contribution >= 0.6 is 0 Å². The molecular formula is C32H44O4. The summed E-state index contributed by atoms with van der Waals surface area (Å²) in [4.78, 5) is 26.2. The smallest absolute Gasteiger partial charge is 0.316 e. The predicted octanol–water partition coefficient (Wildman–Crippen LogP) is 8.29. The number of benzene rings is 2. The number of esters is 2. The third-order valence-electron chi connectivity index (χ3n) is 5.85. The molecule has 0 aliphatic heterocycles. The zero-order chi connectivity index (χ0) is 27.7. The summed E-state index contributed by atoms with van der Waals surface area (Å²) in [6.45, 7) is 23.7. The Hall–Kier alpha value is -2.88. The average molecular weight is 493 g/mol. The van der Waals surface area contributed by atoms with Crippen LogP contribution in [-0.4, -0.2) is 11.9 Å². The maximum atomic E-state index is 13.1. The highest BCUT2D eigenvalue weighted by atomic mass is 16.6. The van der Waals surface area contributed by atoms with Crippen molar-refractivity contribution in [2.24, 2.45) is 10.8 Å². The SMILES string of the molecule is CC(C)(C)C(=O)O/C(=C(/OC(=O)C(C)(C)C)c1ccc(C(C)(C)C)cc1)c1ccc(C(C)(C)C)cc1. The zero-order valence-electron chi connectivity index (χ0n) is 24.3. The van der Waals surface area contributed by atoms with Gasteiger partial charge < -0.3 is 9.47 Å². The third kappa shape index (κ3) is 7.56. The number of carbonyl (C=O) groups is 2. The van der Waals surface area contributed by atoms with Crippen molar-refractivity contribution in [1.82, 2.24) is 0 Å². The predicted molar refractivity (Wildman–Crippen MR) is 148 cm³/mol. The Bertz CT molecular complexity index is 1010. The molecule has 0 aliphatic rings. The lowest BCUT2D eigenvalue weighted by Gasteiger charge is -2.24. The van der Waals surface area contributed by atoms with Gasteiger partial charge in [-0.15, -0.1) is 0 Å². The lowest BCUT2D eigenvalue weighted by atomic mass is 9.86. The summed E-state index contributed by atoms with van der Waals surface area (Å²) in [5.41, 5.74) is 2.07. The maximum absolute atomic E-state index is 13.1. The van der Waals surface area contributed by atoms with Crippen molar-refractivity contribution in [3.05, 3.63) is 70.8 Å². The van der Waals surface area contributed by atoms with E-state index in [0.29, 0.717) is 11.1 Å². The van der Waals surface area contributed by atoms with Crippen molar-refractivity contribution >= 4 is 23.5 Å². The number of rotatable bonds is 4. The van der Waals surface area contributed by atoms with Crippen LogP contribution in [0.5, 0.6) is 0 Å². The normalized spacial score (nSPS) is 13.7. The van der Waals surface area contributed by atoms with Crippen molar-refractivity contribution in [2.75, 3.05) is 0 Å². The van der Waals surface area contributed by atoms with Crippen LogP contribution in [0.3, 0.4) is 0 Å². The summed E-state index contributed by atoms with van der Waals surface area (Å²) in [7, 11) is 0. The van der Waals surface area contributed by atoms with Gasteiger partial charge in [-0.25, -0.2) is 0 Å². The van der Waals surface area contributed by atoms with Crippen LogP contribution in [0, 0.1) is 10.8 Å². The molecule has 0 fully saturated rings. The third-order valence-corrected chi connectivity index (χ3v) is 5.85. The van der Waals surface area contributed by atoms with Crippen LogP contribution < -0.4 is 0 Å². The molecule has 2 rings (SSSR count). The molecule has 0 heterocycles. The number of hydrogen-bond donors (Lipinski definition) is 0. The molecule has 0 radical (unpaired) electrons. The summed E-state index contributed by atoms with van der Waals surface area (Å²) >= 11 is 0. The number of carbonyl (C=O) groups excluding carboxylic acids is 2. The first-order valence-electron chi connectivity index (χ1n) is 12.6. The molecule has 2 aromatic carbocycles. The summed E-state index contributed by atoms with van der Waals surface area (Å²) < 4.78 is 12.0. The van der Waals surface area contributed by atoms with Crippen LogP contribution in [0.15, 0.2) is 48.5 Å². The van der Waals surface area contributed by atoms with E-state index in [1.165, 1.54) is 0 Å². The van der Waals surface area contributed by atoms with Crippen molar-refractivity contribution in [1.29, 1.82) is 0 Å². The molecule has 2 aromatic rings. The fraction of sp³-hybridized carbons (Fsp3) is 0.500. The van der Waals surface area contributed by atoms with Gasteiger partial charge in [0.1, 0.15) is 0 Å². The lowest BCUT2D eigenvalue weighted by Crippen LogP contribution is -2.25. The fourth-order valence-corrected chi connectivity index (χ4v) is 3.21. The largest absolute Gasteiger partial charge is 0.421 e. The van der Waals surface area contributed by atoms with Crippen molar-refractivity contribution in [2.45, 2.75) is 93.9 Å². The molecule has 0 bridgehead atoms. The molecule has 4 nitrogen and oxygen atoms in total. The summed E-state index contributed by atoms with van der Waals surface area (Å²) in [5, 5.41) is 0. The molecule has 4 heteroatoms. The van der Waals surface area contributed by atoms with E-state index in [9.17, 15) is 9.59 Å². The van der Waals surface area contributed by atoms with Crippen LogP contribution in [0.2, 0.25) is 0 Å². The summed E-state index contributed by atoms with van der Waals surface area (Å²) in [5.74, 6) is -0.353. The monoisotopic (exact) mass is 492 g/mol. The Morgan fingerprint density at radius 3 is 0.917 bits per heavy atom. The molecule has 36 heavy (non-hydrogen) atoms. The van der Waals surface area contributed by atoms with E-state index in [2.05, 4.69) is 41.5 Å². The zero-order valence-corrected chi connectivity index (χ0v) is 24.3. The fourth-order valence-electron chi connectivity index (χ4n) is 3.21. The van der Waals surface area contributed by atoms with Gasteiger partial charge in [0.2, 0.25) is 0 Å². The second kappa shape index (κ2) is 10.2. The average Bonchev–Trinajstić information content (AvgIpc) is 2.73. The van der Waals surface area contributed by atoms with Crippen LogP contribution in [0.1, 0.15) is 105 Å². The van der Waals surface area contributed by atoms with Gasteiger partial charge in [0, 0.05) is 11.1 Å². The van der Waals surface area contributed by atoms with E-state index in [0.717, 1.165) is 11.1 Å². The van der Waals surface area contributed by atoms with E-state index < -0.39 is 22.8 Å². The summed E-state index contributed by atoms with van der Waals surface area (Å²) in [6.07, 6.45) is 0. The molecule has 0 N–H and O–H groups in total. The van der Waals surface area contributed by atoms with Gasteiger partial charge >= 0.3 is 11.9 Å². The Morgan fingerprint density at radius 2 is 0.722 bits per heavy atom. The molecule has 0 spiro atoms. The molecule has 0 saturated heterocycles. The number of hydrogen-bond acceptors (Lipinski definition) is 4. The molecule has 0 saturated carbocycles. The van der Waals surface area contributed by atoms with Crippen molar-refractivity contribution in [3.8, 4) is 0 Å². The molecule has 0 atom stereocenters. The highest BCUT2D eigenvalue weighted by molar-refractivity contribution is 5.94. The Morgan fingerprint density at radius 1 is 0.472 bits per heavy atom. The Labute approximate surface area is 218 Å². The molecule has 0 aliphatic carbocycles. The second-order valence-electron chi connectivity index (χ2n) is 13.6. The van der Waals surface area contributed by atoms with E-state index in [1.54, 1.807) is 41.5 Å². The molecule has 0 amide bonds. The van der Waals surface area contributed by atoms with Gasteiger partial charge in [0.05, 0.1) is 10.8 Å². The highest BCUT2D eigenvalue weighted by Crippen LogP contribution is 2.35. The second-order valence-corrected chi connectivity index (χ2v) is 13.6. The maximum Gasteiger partial charge on any atom is 0.316 e. The standard InChI is InChI=1S/C32H44O4/c1-29(2,3)23-17-13-21(14-18-23)25(35-27(33)31(7,8)9)26(36-28(34)32(10,11)12)22-15-19-24(20-16-22)30(4,5)6/h13-20H,1-12H3/b26-25+. The minimum atomic E-state index is -0.744. The molecule has 196 valence electrons. The first-order chi connectivity index (χ1) is 16.2. The molecular weight excluding hydrogens is 448 g/mol. The Kier molecular flexibility index (Phi) is 8.35. The van der Waals surface area contributed by atoms with Crippen molar-refractivity contribution < 1.29 is 19.1 Å². The molecule has 0 unspecified atom stereocenters. The Balaban J connectivity index is 2.81. The first-order valence-corrected chi connectivity index (χ1v) is 12.6. The van der Waals surface area contributed by atoms with Gasteiger partial charge in [-0.1, -0.05) is 90.1 Å². The van der Waals surface area contributed by atoms with Gasteiger partial charge in [0.25, 0.3) is 0 Å². The molecule has 0 aromatic heterocycles. The van der Waals surface area contributed by atoms with E-state index >= 15 is 0 Å². The van der Waals surface area contributed by atoms with Crippen LogP contribution in [0.4, 0.5) is 0 Å². The topological polar surface area (TPSA) is 52.6 Å². The summed E-state index contributed by atoms with van der Waals surface area (Å²) in [6, 6.07) is 15.7. The number of ether oxygens (including phenoxy) is 2. The van der Waals surface area contributed by atoms with Gasteiger partial charge in [0.15, 0.2) is 11.5 Å². The van der Waals surface area contributed by atoms with Gasteiger partial charge in [-0.05, 0) is 63.5 Å². The quantitative estimate of drug-likeness (QED) is 0.245.